The van der Waals surface area contributed by atoms with E-state index in [9.17, 15) is 17.6 Å². The summed E-state index contributed by atoms with van der Waals surface area (Å²) in [6.45, 7) is 3.45. The van der Waals surface area contributed by atoms with Crippen LogP contribution in [-0.2, 0) is 21.4 Å². The third-order valence-corrected chi connectivity index (χ3v) is 8.24. The number of sulfonamides is 1. The Bertz CT molecular complexity index is 1340. The average Bonchev–Trinajstić information content (AvgIpc) is 2.93. The normalized spacial score (nSPS) is 15.9. The van der Waals surface area contributed by atoms with Gasteiger partial charge in [-0.15, -0.1) is 0 Å². The highest BCUT2D eigenvalue weighted by molar-refractivity contribution is 7.92. The van der Waals surface area contributed by atoms with E-state index in [4.69, 9.17) is 9.47 Å². The standard InChI is InChI=1S/C27H28FN3O5S/c28-22-6-8-23(9-7-22)31(37(33,34)24-10-11-25-26(18-24)36-17-16-35-25)20-27(32)30-14-12-29(13-15-30)19-21-4-2-1-3-5-21/h1-11,18H,12-17,19-20H2. The first kappa shape index (κ1) is 25.0. The maximum absolute atomic E-state index is 13.7. The minimum Gasteiger partial charge on any atom is -0.486 e. The number of fused-ring (bicyclic) bond motifs is 1. The van der Waals surface area contributed by atoms with E-state index in [2.05, 4.69) is 17.0 Å². The van der Waals surface area contributed by atoms with Gasteiger partial charge in [-0.05, 0) is 42.0 Å². The second-order valence-electron chi connectivity index (χ2n) is 8.94. The van der Waals surface area contributed by atoms with Crippen LogP contribution in [0.3, 0.4) is 0 Å². The van der Waals surface area contributed by atoms with Crippen molar-refractivity contribution < 1.29 is 27.1 Å². The average molecular weight is 526 g/mol. The van der Waals surface area contributed by atoms with E-state index in [1.54, 1.807) is 4.90 Å². The van der Waals surface area contributed by atoms with Crippen molar-refractivity contribution in [2.45, 2.75) is 11.4 Å². The number of piperazine rings is 1. The number of anilines is 1. The molecule has 0 aromatic heterocycles. The Hall–Kier alpha value is -3.63. The van der Waals surface area contributed by atoms with Crippen LogP contribution in [0, 0.1) is 5.82 Å². The van der Waals surface area contributed by atoms with Gasteiger partial charge in [0.1, 0.15) is 25.6 Å². The van der Waals surface area contributed by atoms with E-state index < -0.39 is 22.4 Å². The molecule has 0 aliphatic carbocycles. The zero-order chi connectivity index (χ0) is 25.8. The molecule has 0 spiro atoms. The third kappa shape index (κ3) is 5.70. The van der Waals surface area contributed by atoms with Crippen LogP contribution in [0.25, 0.3) is 0 Å². The molecule has 194 valence electrons. The van der Waals surface area contributed by atoms with Crippen molar-refractivity contribution in [3.63, 3.8) is 0 Å². The molecule has 0 saturated carbocycles. The van der Waals surface area contributed by atoms with Crippen molar-refractivity contribution in [1.82, 2.24) is 9.80 Å². The summed E-state index contributed by atoms with van der Waals surface area (Å²) >= 11 is 0. The molecule has 3 aromatic carbocycles. The van der Waals surface area contributed by atoms with Crippen LogP contribution in [0.5, 0.6) is 11.5 Å². The van der Waals surface area contributed by atoms with Crippen LogP contribution in [-0.4, -0.2) is 70.1 Å². The van der Waals surface area contributed by atoms with Crippen molar-refractivity contribution in [2.75, 3.05) is 50.2 Å². The lowest BCUT2D eigenvalue weighted by Gasteiger charge is -2.36. The van der Waals surface area contributed by atoms with Gasteiger partial charge < -0.3 is 14.4 Å². The number of amides is 1. The van der Waals surface area contributed by atoms with E-state index in [-0.39, 0.29) is 16.5 Å². The molecule has 2 heterocycles. The van der Waals surface area contributed by atoms with Crippen molar-refractivity contribution in [2.24, 2.45) is 0 Å². The van der Waals surface area contributed by atoms with Gasteiger partial charge in [-0.2, -0.15) is 0 Å². The summed E-state index contributed by atoms with van der Waals surface area (Å²) in [7, 11) is -4.17. The molecular weight excluding hydrogens is 497 g/mol. The van der Waals surface area contributed by atoms with Crippen LogP contribution < -0.4 is 13.8 Å². The maximum atomic E-state index is 13.7. The molecule has 0 N–H and O–H groups in total. The van der Waals surface area contributed by atoms with E-state index in [0.717, 1.165) is 10.8 Å². The molecule has 8 nitrogen and oxygen atoms in total. The molecule has 1 fully saturated rings. The summed E-state index contributed by atoms with van der Waals surface area (Å²) in [5, 5.41) is 0. The summed E-state index contributed by atoms with van der Waals surface area (Å²) < 4.78 is 53.2. The predicted molar refractivity (Wildman–Crippen MR) is 137 cm³/mol. The van der Waals surface area contributed by atoms with Crippen molar-refractivity contribution in [3.05, 3.63) is 84.2 Å². The van der Waals surface area contributed by atoms with Crippen molar-refractivity contribution in [3.8, 4) is 11.5 Å². The molecule has 10 heteroatoms. The predicted octanol–water partition coefficient (Wildman–Crippen LogP) is 3.14. The van der Waals surface area contributed by atoms with Crippen LogP contribution >= 0.6 is 0 Å². The topological polar surface area (TPSA) is 79.4 Å². The Labute approximate surface area is 215 Å². The SMILES string of the molecule is O=C(CN(c1ccc(F)cc1)S(=O)(=O)c1ccc2c(c1)OCCO2)N1CCN(Cc2ccccc2)CC1. The van der Waals surface area contributed by atoms with Gasteiger partial charge in [0.05, 0.1) is 10.6 Å². The summed E-state index contributed by atoms with van der Waals surface area (Å²) in [5.41, 5.74) is 1.41. The molecule has 37 heavy (non-hydrogen) atoms. The Balaban J connectivity index is 1.33. The fourth-order valence-corrected chi connectivity index (χ4v) is 5.88. The monoisotopic (exact) mass is 525 g/mol. The number of hydrogen-bond donors (Lipinski definition) is 0. The first-order chi connectivity index (χ1) is 17.9. The fourth-order valence-electron chi connectivity index (χ4n) is 4.45. The number of carbonyl (C=O) groups is 1. The minimum absolute atomic E-state index is 0.0402. The van der Waals surface area contributed by atoms with E-state index >= 15 is 0 Å². The zero-order valence-corrected chi connectivity index (χ0v) is 21.1. The van der Waals surface area contributed by atoms with Gasteiger partial charge in [-0.25, -0.2) is 12.8 Å². The molecule has 3 aromatic rings. The minimum atomic E-state index is -4.17. The summed E-state index contributed by atoms with van der Waals surface area (Å²) in [4.78, 5) is 17.2. The number of halogens is 1. The second-order valence-corrected chi connectivity index (χ2v) is 10.8. The number of carbonyl (C=O) groups excluding carboxylic acids is 1. The van der Waals surface area contributed by atoms with Crippen molar-refractivity contribution >= 4 is 21.6 Å². The molecule has 1 amide bonds. The Kier molecular flexibility index (Phi) is 7.29. The molecule has 0 atom stereocenters. The number of benzene rings is 3. The molecule has 1 saturated heterocycles. The van der Waals surface area contributed by atoms with Gasteiger partial charge in [0.2, 0.25) is 5.91 Å². The molecule has 0 bridgehead atoms. The first-order valence-electron chi connectivity index (χ1n) is 12.1. The van der Waals surface area contributed by atoms with Gasteiger partial charge in [0, 0.05) is 38.8 Å². The lowest BCUT2D eigenvalue weighted by atomic mass is 10.2. The van der Waals surface area contributed by atoms with E-state index in [1.807, 2.05) is 18.2 Å². The van der Waals surface area contributed by atoms with Crippen LogP contribution in [0.2, 0.25) is 0 Å². The lowest BCUT2D eigenvalue weighted by molar-refractivity contribution is -0.131. The Morgan fingerprint density at radius 3 is 2.24 bits per heavy atom. The zero-order valence-electron chi connectivity index (χ0n) is 20.3. The lowest BCUT2D eigenvalue weighted by Crippen LogP contribution is -2.51. The van der Waals surface area contributed by atoms with Gasteiger partial charge in [0.15, 0.2) is 11.5 Å². The number of nitrogens with zero attached hydrogens (tertiary/aromatic N) is 3. The van der Waals surface area contributed by atoms with Gasteiger partial charge in [0.25, 0.3) is 10.0 Å². The molecule has 2 aliphatic heterocycles. The Morgan fingerprint density at radius 1 is 0.865 bits per heavy atom. The van der Waals surface area contributed by atoms with Crippen molar-refractivity contribution in [1.29, 1.82) is 0 Å². The van der Waals surface area contributed by atoms with Crippen LogP contribution in [0.15, 0.2) is 77.7 Å². The fraction of sp³-hybridized carbons (Fsp3) is 0.296. The Morgan fingerprint density at radius 2 is 1.54 bits per heavy atom. The summed E-state index contributed by atoms with van der Waals surface area (Å²) in [6, 6.07) is 19.5. The number of ether oxygens (including phenoxy) is 2. The smallest absolute Gasteiger partial charge is 0.264 e. The quantitative estimate of drug-likeness (QED) is 0.472. The van der Waals surface area contributed by atoms with Crippen LogP contribution in [0.1, 0.15) is 5.56 Å². The molecule has 5 rings (SSSR count). The largest absolute Gasteiger partial charge is 0.486 e. The van der Waals surface area contributed by atoms with E-state index in [0.29, 0.717) is 50.9 Å². The van der Waals surface area contributed by atoms with E-state index in [1.165, 1.54) is 48.0 Å². The highest BCUT2D eigenvalue weighted by atomic mass is 32.2. The molecule has 0 unspecified atom stereocenters. The molecule has 0 radical (unpaired) electrons. The first-order valence-corrected chi connectivity index (χ1v) is 13.6. The summed E-state index contributed by atoms with van der Waals surface area (Å²) in [6.07, 6.45) is 0. The van der Waals surface area contributed by atoms with Gasteiger partial charge >= 0.3 is 0 Å². The van der Waals surface area contributed by atoms with Gasteiger partial charge in [-0.1, -0.05) is 30.3 Å². The molecule has 2 aliphatic rings. The highest BCUT2D eigenvalue weighted by Gasteiger charge is 2.31. The summed E-state index contributed by atoms with van der Waals surface area (Å²) in [5.74, 6) is -0.0266. The van der Waals surface area contributed by atoms with Gasteiger partial charge in [-0.3, -0.25) is 14.0 Å². The number of hydrogen-bond acceptors (Lipinski definition) is 6. The second kappa shape index (κ2) is 10.8. The molecular formula is C27H28FN3O5S. The van der Waals surface area contributed by atoms with Crippen LogP contribution in [0.4, 0.5) is 10.1 Å². The highest BCUT2D eigenvalue weighted by Crippen LogP contribution is 2.34. The number of rotatable bonds is 7. The maximum Gasteiger partial charge on any atom is 0.264 e. The third-order valence-electron chi connectivity index (χ3n) is 6.47.